The minimum atomic E-state index is -0.192. The fourth-order valence-corrected chi connectivity index (χ4v) is 3.72. The average molecular weight is 328 g/mol. The zero-order valence-electron chi connectivity index (χ0n) is 13.6. The van der Waals surface area contributed by atoms with Gasteiger partial charge in [0.1, 0.15) is 0 Å². The molecule has 1 aromatic heterocycles. The first kappa shape index (κ1) is 15.9. The number of carbonyl (C=O) groups excluding carboxylic acids is 2. The van der Waals surface area contributed by atoms with Crippen LogP contribution in [0.5, 0.6) is 0 Å². The molecule has 0 unspecified atom stereocenters. The minimum absolute atomic E-state index is 0.186. The molecule has 1 atom stereocenters. The maximum Gasteiger partial charge on any atom is 0.293 e. The van der Waals surface area contributed by atoms with E-state index in [2.05, 4.69) is 36.7 Å². The SMILES string of the molecule is CC[C@H](C)n1cc(/C=C2/SC(=O)N(CC)C2=O)c2ccccc21. The zero-order valence-corrected chi connectivity index (χ0v) is 14.4. The summed E-state index contributed by atoms with van der Waals surface area (Å²) >= 11 is 1.02. The van der Waals surface area contributed by atoms with Crippen LogP contribution in [0.3, 0.4) is 0 Å². The van der Waals surface area contributed by atoms with Crippen molar-refractivity contribution in [3.63, 3.8) is 0 Å². The first-order valence-corrected chi connectivity index (χ1v) is 8.73. The quantitative estimate of drug-likeness (QED) is 0.766. The second-order valence-corrected chi connectivity index (χ2v) is 6.69. The lowest BCUT2D eigenvalue weighted by molar-refractivity contribution is -0.122. The number of imide groups is 1. The van der Waals surface area contributed by atoms with Crippen LogP contribution in [-0.2, 0) is 4.79 Å². The number of thioether (sulfide) groups is 1. The maximum absolute atomic E-state index is 12.3. The van der Waals surface area contributed by atoms with Crippen molar-refractivity contribution in [2.45, 2.75) is 33.2 Å². The fraction of sp³-hybridized carbons (Fsp3) is 0.333. The van der Waals surface area contributed by atoms with E-state index in [0.29, 0.717) is 17.5 Å². The van der Waals surface area contributed by atoms with E-state index in [-0.39, 0.29) is 11.1 Å². The number of benzene rings is 1. The largest absolute Gasteiger partial charge is 0.344 e. The minimum Gasteiger partial charge on any atom is -0.344 e. The Bertz CT molecular complexity index is 806. The van der Waals surface area contributed by atoms with Gasteiger partial charge in [0.05, 0.1) is 4.91 Å². The van der Waals surface area contributed by atoms with Crippen LogP contribution in [0.25, 0.3) is 17.0 Å². The number of nitrogens with zero attached hydrogens (tertiary/aromatic N) is 2. The van der Waals surface area contributed by atoms with Gasteiger partial charge in [-0.3, -0.25) is 14.5 Å². The molecule has 3 rings (SSSR count). The van der Waals surface area contributed by atoms with Gasteiger partial charge in [-0.05, 0) is 44.2 Å². The average Bonchev–Trinajstić information content (AvgIpc) is 3.05. The highest BCUT2D eigenvalue weighted by Gasteiger charge is 2.33. The Morgan fingerprint density at radius 3 is 2.61 bits per heavy atom. The number of carbonyl (C=O) groups is 2. The van der Waals surface area contributed by atoms with Crippen LogP contribution in [0, 0.1) is 0 Å². The molecule has 2 heterocycles. The molecule has 1 aromatic carbocycles. The highest BCUT2D eigenvalue weighted by atomic mass is 32.2. The normalized spacial score (nSPS) is 18.4. The number of fused-ring (bicyclic) bond motifs is 1. The summed E-state index contributed by atoms with van der Waals surface area (Å²) < 4.78 is 2.24. The van der Waals surface area contributed by atoms with Gasteiger partial charge >= 0.3 is 0 Å². The van der Waals surface area contributed by atoms with Crippen molar-refractivity contribution in [1.82, 2.24) is 9.47 Å². The summed E-state index contributed by atoms with van der Waals surface area (Å²) in [4.78, 5) is 25.9. The van der Waals surface area contributed by atoms with Crippen LogP contribution >= 0.6 is 11.8 Å². The second-order valence-electron chi connectivity index (χ2n) is 5.69. The van der Waals surface area contributed by atoms with Crippen LogP contribution in [0.4, 0.5) is 4.79 Å². The van der Waals surface area contributed by atoms with E-state index in [1.807, 2.05) is 25.1 Å². The molecule has 1 fully saturated rings. The number of hydrogen-bond donors (Lipinski definition) is 0. The number of amides is 2. The van der Waals surface area contributed by atoms with Gasteiger partial charge in [0.15, 0.2) is 0 Å². The van der Waals surface area contributed by atoms with Crippen LogP contribution in [0.2, 0.25) is 0 Å². The smallest absolute Gasteiger partial charge is 0.293 e. The summed E-state index contributed by atoms with van der Waals surface area (Å²) in [7, 11) is 0. The number of para-hydroxylation sites is 1. The number of likely N-dealkylation sites (N-methyl/N-ethyl adjacent to an activating group) is 1. The van der Waals surface area contributed by atoms with Crippen molar-refractivity contribution in [3.8, 4) is 0 Å². The summed E-state index contributed by atoms with van der Waals surface area (Å²) in [6.45, 7) is 6.57. The van der Waals surface area contributed by atoms with Crippen molar-refractivity contribution in [1.29, 1.82) is 0 Å². The topological polar surface area (TPSA) is 42.3 Å². The Morgan fingerprint density at radius 2 is 1.96 bits per heavy atom. The van der Waals surface area contributed by atoms with Gasteiger partial charge < -0.3 is 4.57 Å². The van der Waals surface area contributed by atoms with Crippen molar-refractivity contribution >= 4 is 39.9 Å². The molecule has 120 valence electrons. The Labute approximate surface area is 140 Å². The molecule has 0 radical (unpaired) electrons. The Hall–Kier alpha value is -2.01. The number of aromatic nitrogens is 1. The summed E-state index contributed by atoms with van der Waals surface area (Å²) in [6, 6.07) is 8.56. The zero-order chi connectivity index (χ0) is 16.6. The Balaban J connectivity index is 2.09. The molecular formula is C18H20N2O2S. The third-order valence-corrected chi connectivity index (χ3v) is 5.22. The predicted octanol–water partition coefficient (Wildman–Crippen LogP) is 4.67. The molecule has 5 heteroatoms. The van der Waals surface area contributed by atoms with E-state index in [1.165, 1.54) is 4.90 Å². The maximum atomic E-state index is 12.3. The summed E-state index contributed by atoms with van der Waals surface area (Å²) in [6.07, 6.45) is 4.96. The van der Waals surface area contributed by atoms with Crippen LogP contribution in [-0.4, -0.2) is 27.2 Å². The second kappa shape index (κ2) is 6.24. The van der Waals surface area contributed by atoms with Crippen LogP contribution in [0.15, 0.2) is 35.4 Å². The molecule has 0 bridgehead atoms. The highest BCUT2D eigenvalue weighted by Crippen LogP contribution is 2.34. The van der Waals surface area contributed by atoms with Gasteiger partial charge in [-0.1, -0.05) is 25.1 Å². The van der Waals surface area contributed by atoms with E-state index in [1.54, 1.807) is 0 Å². The lowest BCUT2D eigenvalue weighted by atomic mass is 10.1. The monoisotopic (exact) mass is 328 g/mol. The number of rotatable bonds is 4. The summed E-state index contributed by atoms with van der Waals surface area (Å²) in [5.74, 6) is -0.192. The molecule has 1 aliphatic heterocycles. The molecule has 0 N–H and O–H groups in total. The first-order valence-electron chi connectivity index (χ1n) is 7.91. The summed E-state index contributed by atoms with van der Waals surface area (Å²) in [5.41, 5.74) is 2.14. The first-order chi connectivity index (χ1) is 11.1. The van der Waals surface area contributed by atoms with Crippen molar-refractivity contribution in [2.24, 2.45) is 0 Å². The van der Waals surface area contributed by atoms with Crippen LogP contribution in [0.1, 0.15) is 38.8 Å². The Morgan fingerprint density at radius 1 is 1.22 bits per heavy atom. The predicted molar refractivity (Wildman–Crippen MR) is 95.3 cm³/mol. The van der Waals surface area contributed by atoms with E-state index in [4.69, 9.17) is 0 Å². The molecule has 23 heavy (non-hydrogen) atoms. The van der Waals surface area contributed by atoms with E-state index >= 15 is 0 Å². The molecule has 1 aliphatic rings. The molecule has 0 aliphatic carbocycles. The van der Waals surface area contributed by atoms with Gasteiger partial charge in [-0.25, -0.2) is 0 Å². The lowest BCUT2D eigenvalue weighted by Gasteiger charge is -2.12. The fourth-order valence-electron chi connectivity index (χ4n) is 2.82. The van der Waals surface area contributed by atoms with Gasteiger partial charge in [-0.15, -0.1) is 0 Å². The van der Waals surface area contributed by atoms with Crippen LogP contribution < -0.4 is 0 Å². The molecular weight excluding hydrogens is 308 g/mol. The standard InChI is InChI=1S/C18H20N2O2S/c1-4-12(3)20-11-13(14-8-6-7-9-15(14)20)10-16-17(21)19(5-2)18(22)23-16/h6-12H,4-5H2,1-3H3/b16-10+/t12-/m0/s1. The van der Waals surface area contributed by atoms with Gasteiger partial charge in [0.25, 0.3) is 11.1 Å². The van der Waals surface area contributed by atoms with Gasteiger partial charge in [0, 0.05) is 35.2 Å². The van der Waals surface area contributed by atoms with E-state index in [9.17, 15) is 9.59 Å². The molecule has 2 aromatic rings. The summed E-state index contributed by atoms with van der Waals surface area (Å²) in [5, 5.41) is 0.922. The van der Waals surface area contributed by atoms with E-state index < -0.39 is 0 Å². The van der Waals surface area contributed by atoms with Crippen molar-refractivity contribution < 1.29 is 9.59 Å². The molecule has 2 amide bonds. The van der Waals surface area contributed by atoms with Gasteiger partial charge in [0.2, 0.25) is 0 Å². The molecule has 0 spiro atoms. The van der Waals surface area contributed by atoms with Gasteiger partial charge in [-0.2, -0.15) is 0 Å². The molecule has 4 nitrogen and oxygen atoms in total. The third-order valence-electron chi connectivity index (χ3n) is 4.31. The van der Waals surface area contributed by atoms with E-state index in [0.717, 1.165) is 34.6 Å². The molecule has 1 saturated heterocycles. The molecule has 0 saturated carbocycles. The number of hydrogen-bond acceptors (Lipinski definition) is 3. The highest BCUT2D eigenvalue weighted by molar-refractivity contribution is 8.18. The lowest BCUT2D eigenvalue weighted by Crippen LogP contribution is -2.27. The van der Waals surface area contributed by atoms with Crippen molar-refractivity contribution in [2.75, 3.05) is 6.54 Å². The Kier molecular flexibility index (Phi) is 4.31. The third kappa shape index (κ3) is 2.70. The van der Waals surface area contributed by atoms with Crippen molar-refractivity contribution in [3.05, 3.63) is 40.9 Å².